The summed E-state index contributed by atoms with van der Waals surface area (Å²) in [5.74, 6) is 0.217. The number of hydrogen-bond donors (Lipinski definition) is 1. The zero-order valence-corrected chi connectivity index (χ0v) is 21.6. The minimum absolute atomic E-state index is 0.0407. The first kappa shape index (κ1) is 25.9. The van der Waals surface area contributed by atoms with Gasteiger partial charge in [-0.05, 0) is 55.9 Å². The van der Waals surface area contributed by atoms with E-state index in [0.29, 0.717) is 34.4 Å². The second kappa shape index (κ2) is 12.7. The lowest BCUT2D eigenvalue weighted by Gasteiger charge is -2.42. The molecule has 2 aromatic heterocycles. The smallest absolute Gasteiger partial charge is 0.261 e. The molecule has 8 nitrogen and oxygen atoms in total. The number of aromatic nitrogens is 1. The van der Waals surface area contributed by atoms with Gasteiger partial charge in [-0.3, -0.25) is 14.6 Å². The summed E-state index contributed by atoms with van der Waals surface area (Å²) in [5.41, 5.74) is 1.06. The molecule has 1 N–H and O–H groups in total. The van der Waals surface area contributed by atoms with Crippen molar-refractivity contribution in [3.05, 3.63) is 46.6 Å². The molecule has 0 unspecified atom stereocenters. The molecule has 10 heteroatoms. The maximum atomic E-state index is 13.3. The van der Waals surface area contributed by atoms with E-state index >= 15 is 0 Å². The molecule has 2 aliphatic rings. The molecule has 2 amide bonds. The van der Waals surface area contributed by atoms with Crippen LogP contribution in [0.2, 0.25) is 4.34 Å². The van der Waals surface area contributed by atoms with Gasteiger partial charge in [0.05, 0.1) is 16.6 Å². The fourth-order valence-corrected chi connectivity index (χ4v) is 5.71. The Hall–Kier alpha value is -2.20. The lowest BCUT2D eigenvalue weighted by atomic mass is 9.85. The van der Waals surface area contributed by atoms with Crippen LogP contribution < -0.4 is 10.1 Å². The van der Waals surface area contributed by atoms with Crippen LogP contribution in [-0.4, -0.2) is 78.6 Å². The van der Waals surface area contributed by atoms with Crippen molar-refractivity contribution in [3.8, 4) is 5.06 Å². The quantitative estimate of drug-likeness (QED) is 0.518. The van der Waals surface area contributed by atoms with E-state index in [1.54, 1.807) is 24.1 Å². The average Bonchev–Trinajstić information content (AvgIpc) is 3.30. The summed E-state index contributed by atoms with van der Waals surface area (Å²) in [6.07, 6.45) is 6.17. The van der Waals surface area contributed by atoms with Crippen LogP contribution in [0.5, 0.6) is 5.06 Å². The molecule has 3 heterocycles. The number of amides is 2. The van der Waals surface area contributed by atoms with Gasteiger partial charge in [-0.15, -0.1) is 0 Å². The number of nitrogens with zero attached hydrogens (tertiary/aromatic N) is 3. The predicted molar refractivity (Wildman–Crippen MR) is 136 cm³/mol. The molecule has 1 aliphatic carbocycles. The van der Waals surface area contributed by atoms with E-state index < -0.39 is 6.04 Å². The topological polar surface area (TPSA) is 84.0 Å². The molecular weight excluding hydrogens is 488 g/mol. The van der Waals surface area contributed by atoms with Crippen LogP contribution in [0, 0.1) is 5.92 Å². The highest BCUT2D eigenvalue weighted by molar-refractivity contribution is 7.17. The van der Waals surface area contributed by atoms with E-state index in [4.69, 9.17) is 21.1 Å². The number of rotatable bonds is 10. The van der Waals surface area contributed by atoms with Gasteiger partial charge in [0.2, 0.25) is 5.91 Å². The molecule has 190 valence electrons. The highest BCUT2D eigenvalue weighted by Crippen LogP contribution is 2.29. The Labute approximate surface area is 215 Å². The van der Waals surface area contributed by atoms with Gasteiger partial charge < -0.3 is 24.6 Å². The Kier molecular flexibility index (Phi) is 9.37. The summed E-state index contributed by atoms with van der Waals surface area (Å²) >= 11 is 7.20. The standard InChI is InChI=1S/C25H33ClN4O4S/c1-33-16-21-25(32)29(12-13-30(21)23(31)17-34-24-10-9-22(26)35-24)15-18-5-7-19(8-6-18)28-14-20-4-2-3-11-27-20/h2-4,9-11,18-19,21,28H,5-8,12-17H2,1H3/t18?,19?,21-/m0/s1. The second-order valence-corrected chi connectivity index (χ2v) is 10.8. The van der Waals surface area contributed by atoms with Gasteiger partial charge in [0.1, 0.15) is 6.04 Å². The van der Waals surface area contributed by atoms with E-state index in [9.17, 15) is 9.59 Å². The van der Waals surface area contributed by atoms with Gasteiger partial charge in [0, 0.05) is 45.5 Å². The zero-order valence-electron chi connectivity index (χ0n) is 20.0. The van der Waals surface area contributed by atoms with Crippen molar-refractivity contribution in [3.63, 3.8) is 0 Å². The molecule has 0 bridgehead atoms. The highest BCUT2D eigenvalue weighted by atomic mass is 35.5. The molecule has 1 aliphatic heterocycles. The van der Waals surface area contributed by atoms with Crippen LogP contribution >= 0.6 is 22.9 Å². The first-order chi connectivity index (χ1) is 17.0. The number of hydrogen-bond acceptors (Lipinski definition) is 7. The number of methoxy groups -OCH3 is 1. The average molecular weight is 521 g/mol. The predicted octanol–water partition coefficient (Wildman–Crippen LogP) is 3.21. The van der Waals surface area contributed by atoms with Crippen molar-refractivity contribution in [1.82, 2.24) is 20.1 Å². The Bertz CT molecular complexity index is 967. The molecule has 0 radical (unpaired) electrons. The van der Waals surface area contributed by atoms with Crippen LogP contribution in [0.25, 0.3) is 0 Å². The van der Waals surface area contributed by atoms with Crippen molar-refractivity contribution < 1.29 is 19.1 Å². The summed E-state index contributed by atoms with van der Waals surface area (Å²) < 4.78 is 11.5. The number of nitrogens with one attached hydrogen (secondary N) is 1. The number of carbonyl (C=O) groups is 2. The van der Waals surface area contributed by atoms with E-state index in [0.717, 1.165) is 44.5 Å². The van der Waals surface area contributed by atoms with Crippen LogP contribution in [-0.2, 0) is 20.9 Å². The van der Waals surface area contributed by atoms with Crippen LogP contribution in [0.3, 0.4) is 0 Å². The van der Waals surface area contributed by atoms with Gasteiger partial charge in [-0.1, -0.05) is 29.0 Å². The van der Waals surface area contributed by atoms with Crippen molar-refractivity contribution in [2.75, 3.05) is 40.0 Å². The van der Waals surface area contributed by atoms with E-state index in [-0.39, 0.29) is 25.0 Å². The molecule has 35 heavy (non-hydrogen) atoms. The zero-order chi connectivity index (χ0) is 24.6. The molecule has 1 saturated heterocycles. The maximum absolute atomic E-state index is 13.3. The fourth-order valence-electron chi connectivity index (χ4n) is 4.84. The van der Waals surface area contributed by atoms with Crippen molar-refractivity contribution in [2.45, 2.75) is 44.3 Å². The number of ether oxygens (including phenoxy) is 2. The summed E-state index contributed by atoms with van der Waals surface area (Å²) in [7, 11) is 1.55. The van der Waals surface area contributed by atoms with Crippen LogP contribution in [0.15, 0.2) is 36.5 Å². The monoisotopic (exact) mass is 520 g/mol. The number of piperazine rings is 1. The Morgan fingerprint density at radius 1 is 1.20 bits per heavy atom. The van der Waals surface area contributed by atoms with Crippen molar-refractivity contribution >= 4 is 34.8 Å². The first-order valence-electron chi connectivity index (χ1n) is 12.1. The third kappa shape index (κ3) is 7.16. The maximum Gasteiger partial charge on any atom is 0.261 e. The summed E-state index contributed by atoms with van der Waals surface area (Å²) in [6.45, 7) is 2.59. The van der Waals surface area contributed by atoms with Gasteiger partial charge in [0.25, 0.3) is 5.91 Å². The Balaban J connectivity index is 1.24. The second-order valence-electron chi connectivity index (χ2n) is 9.11. The minimum Gasteiger partial charge on any atom is -0.474 e. The lowest BCUT2D eigenvalue weighted by molar-refractivity contribution is -0.155. The normalized spacial score (nSPS) is 22.9. The van der Waals surface area contributed by atoms with Crippen LogP contribution in [0.1, 0.15) is 31.4 Å². The van der Waals surface area contributed by atoms with E-state index in [1.165, 1.54) is 11.3 Å². The third-order valence-electron chi connectivity index (χ3n) is 6.74. The lowest BCUT2D eigenvalue weighted by Crippen LogP contribution is -2.61. The number of pyridine rings is 1. The number of carbonyl (C=O) groups excluding carboxylic acids is 2. The Morgan fingerprint density at radius 3 is 2.71 bits per heavy atom. The van der Waals surface area contributed by atoms with Crippen molar-refractivity contribution in [2.24, 2.45) is 5.92 Å². The summed E-state index contributed by atoms with van der Waals surface area (Å²) in [4.78, 5) is 34.0. The highest BCUT2D eigenvalue weighted by Gasteiger charge is 2.38. The molecule has 1 atom stereocenters. The van der Waals surface area contributed by atoms with E-state index in [2.05, 4.69) is 10.3 Å². The SMILES string of the molecule is COC[C@H]1C(=O)N(CC2CCC(NCc3ccccn3)CC2)CCN1C(=O)COc1ccc(Cl)s1. The molecule has 0 aromatic carbocycles. The largest absolute Gasteiger partial charge is 0.474 e. The number of halogens is 1. The van der Waals surface area contributed by atoms with Crippen molar-refractivity contribution in [1.29, 1.82) is 0 Å². The van der Waals surface area contributed by atoms with Crippen LogP contribution in [0.4, 0.5) is 0 Å². The minimum atomic E-state index is -0.617. The molecular formula is C25H33ClN4O4S. The first-order valence-corrected chi connectivity index (χ1v) is 13.3. The molecule has 4 rings (SSSR count). The molecule has 1 saturated carbocycles. The summed E-state index contributed by atoms with van der Waals surface area (Å²) in [5, 5.41) is 4.20. The molecule has 2 aromatic rings. The van der Waals surface area contributed by atoms with Gasteiger partial charge >= 0.3 is 0 Å². The number of thiophene rings is 1. The summed E-state index contributed by atoms with van der Waals surface area (Å²) in [6, 6.07) is 9.30. The van der Waals surface area contributed by atoms with Gasteiger partial charge in [0.15, 0.2) is 11.7 Å². The third-order valence-corrected chi connectivity index (χ3v) is 7.88. The Morgan fingerprint density at radius 2 is 2.03 bits per heavy atom. The van der Waals surface area contributed by atoms with E-state index in [1.807, 2.05) is 29.3 Å². The van der Waals surface area contributed by atoms with Gasteiger partial charge in [-0.25, -0.2) is 0 Å². The molecule has 2 fully saturated rings. The molecule has 0 spiro atoms. The van der Waals surface area contributed by atoms with Gasteiger partial charge in [-0.2, -0.15) is 0 Å². The fraction of sp³-hybridized carbons (Fsp3) is 0.560.